The Bertz CT molecular complexity index is 2960. The van der Waals surface area contributed by atoms with E-state index in [9.17, 15) is 0 Å². The van der Waals surface area contributed by atoms with Gasteiger partial charge in [-0.3, -0.25) is 5.32 Å². The second-order valence-electron chi connectivity index (χ2n) is 15.6. The molecule has 0 amide bonds. The lowest BCUT2D eigenvalue weighted by molar-refractivity contribution is 0.409. The first-order valence-electron chi connectivity index (χ1n) is 19.0. The SMILES string of the molecule is CC1(C)C2=c3ccccc3=CC(c3ccc4ccccc4c3)C2c2ccc(C3N=C(c4cccc5c4sc4ccccc45)NC(c4ccccc4)N3)cc21. The first-order valence-corrected chi connectivity index (χ1v) is 19.8. The number of aliphatic imine (C=N–C) groups is 1. The lowest BCUT2D eigenvalue weighted by Crippen LogP contribution is -2.45. The lowest BCUT2D eigenvalue weighted by Gasteiger charge is -2.33. The van der Waals surface area contributed by atoms with Crippen LogP contribution in [0.4, 0.5) is 0 Å². The highest BCUT2D eigenvalue weighted by Gasteiger charge is 2.46. The minimum absolute atomic E-state index is 0.106. The van der Waals surface area contributed by atoms with Gasteiger partial charge in [-0.15, -0.1) is 11.3 Å². The molecule has 11 rings (SSSR count). The molecule has 260 valence electrons. The van der Waals surface area contributed by atoms with E-state index in [0.29, 0.717) is 0 Å². The highest BCUT2D eigenvalue weighted by molar-refractivity contribution is 7.26. The molecule has 0 spiro atoms. The summed E-state index contributed by atoms with van der Waals surface area (Å²) in [5.41, 5.74) is 9.06. The largest absolute Gasteiger partial charge is 0.350 e. The lowest BCUT2D eigenvalue weighted by atomic mass is 9.71. The van der Waals surface area contributed by atoms with Crippen molar-refractivity contribution in [3.8, 4) is 0 Å². The van der Waals surface area contributed by atoms with Gasteiger partial charge in [0.05, 0.1) is 0 Å². The van der Waals surface area contributed by atoms with Crippen molar-refractivity contribution in [3.05, 3.63) is 202 Å². The number of rotatable bonds is 4. The average molecular weight is 714 g/mol. The molecule has 54 heavy (non-hydrogen) atoms. The van der Waals surface area contributed by atoms with Crippen molar-refractivity contribution >= 4 is 59.8 Å². The zero-order chi connectivity index (χ0) is 36.0. The van der Waals surface area contributed by atoms with Crippen LogP contribution in [0.25, 0.3) is 42.6 Å². The van der Waals surface area contributed by atoms with E-state index < -0.39 is 0 Å². The van der Waals surface area contributed by atoms with Crippen LogP contribution in [0, 0.1) is 0 Å². The quantitative estimate of drug-likeness (QED) is 0.191. The molecule has 1 aromatic heterocycles. The van der Waals surface area contributed by atoms with Crippen LogP contribution >= 0.6 is 11.3 Å². The molecule has 0 saturated heterocycles. The van der Waals surface area contributed by atoms with Crippen LogP contribution < -0.4 is 21.1 Å². The molecule has 0 bridgehead atoms. The summed E-state index contributed by atoms with van der Waals surface area (Å²) in [6, 6.07) is 58.1. The predicted molar refractivity (Wildman–Crippen MR) is 227 cm³/mol. The van der Waals surface area contributed by atoms with Gasteiger partial charge in [-0.05, 0) is 66.7 Å². The fourth-order valence-electron chi connectivity index (χ4n) is 9.62. The van der Waals surface area contributed by atoms with Gasteiger partial charge in [0.1, 0.15) is 18.2 Å². The maximum atomic E-state index is 5.50. The zero-order valence-electron chi connectivity index (χ0n) is 30.3. The van der Waals surface area contributed by atoms with Crippen molar-refractivity contribution in [1.29, 1.82) is 0 Å². The number of nitrogens with one attached hydrogen (secondary N) is 2. The van der Waals surface area contributed by atoms with E-state index in [1.807, 2.05) is 11.3 Å². The summed E-state index contributed by atoms with van der Waals surface area (Å²) in [5.74, 6) is 1.41. The fourth-order valence-corrected chi connectivity index (χ4v) is 10.8. The van der Waals surface area contributed by atoms with Gasteiger partial charge >= 0.3 is 0 Å². The van der Waals surface area contributed by atoms with Crippen molar-refractivity contribution in [1.82, 2.24) is 10.6 Å². The van der Waals surface area contributed by atoms with E-state index in [0.717, 1.165) is 11.4 Å². The van der Waals surface area contributed by atoms with Gasteiger partial charge in [0, 0.05) is 43.0 Å². The Morgan fingerprint density at radius 2 is 1.39 bits per heavy atom. The van der Waals surface area contributed by atoms with Gasteiger partial charge in [-0.25, -0.2) is 4.99 Å². The number of fused-ring (bicyclic) bond motifs is 8. The number of hydrogen-bond acceptors (Lipinski definition) is 4. The Morgan fingerprint density at radius 3 is 2.30 bits per heavy atom. The Morgan fingerprint density at radius 1 is 0.630 bits per heavy atom. The number of amidine groups is 1. The molecule has 4 atom stereocenters. The first-order chi connectivity index (χ1) is 26.5. The third-order valence-corrected chi connectivity index (χ3v) is 13.4. The molecule has 3 aliphatic rings. The minimum atomic E-state index is -0.236. The standard InChI is InChI=1S/C50H39N3S/c1-50(2)42-29-35(25-26-39(42)44-41(28-33-17-8-9-18-36(33)45(44)50)34-24-23-30-13-6-7-16-32(30)27-34)48-51-47(31-14-4-3-5-15-31)52-49(53-48)40-21-12-20-38-37-19-10-11-22-43(37)54-46(38)40/h3-29,41,44,47-48,51H,1-2H3,(H,52,53). The molecular weight excluding hydrogens is 675 g/mol. The van der Waals surface area contributed by atoms with E-state index >= 15 is 0 Å². The summed E-state index contributed by atoms with van der Waals surface area (Å²) in [6.45, 7) is 4.87. The van der Waals surface area contributed by atoms with Crippen LogP contribution in [-0.4, -0.2) is 5.84 Å². The highest BCUT2D eigenvalue weighted by Crippen LogP contribution is 2.57. The topological polar surface area (TPSA) is 36.4 Å². The van der Waals surface area contributed by atoms with Crippen molar-refractivity contribution in [2.24, 2.45) is 4.99 Å². The molecule has 0 saturated carbocycles. The number of thiophene rings is 1. The summed E-state index contributed by atoms with van der Waals surface area (Å²) in [4.78, 5) is 5.50. The van der Waals surface area contributed by atoms with Crippen LogP contribution in [-0.2, 0) is 5.41 Å². The second-order valence-corrected chi connectivity index (χ2v) is 16.6. The van der Waals surface area contributed by atoms with Crippen LogP contribution in [0.1, 0.15) is 71.4 Å². The van der Waals surface area contributed by atoms with E-state index in [-0.39, 0.29) is 29.6 Å². The maximum Gasteiger partial charge on any atom is 0.133 e. The van der Waals surface area contributed by atoms with Gasteiger partial charge < -0.3 is 5.32 Å². The monoisotopic (exact) mass is 713 g/mol. The first kappa shape index (κ1) is 31.7. The summed E-state index contributed by atoms with van der Waals surface area (Å²) < 4.78 is 2.56. The van der Waals surface area contributed by atoms with E-state index in [1.54, 1.807) is 0 Å². The molecule has 2 N–H and O–H groups in total. The molecule has 8 aromatic rings. The Labute approximate surface area is 319 Å². The van der Waals surface area contributed by atoms with Crippen molar-refractivity contribution in [2.75, 3.05) is 0 Å². The van der Waals surface area contributed by atoms with Crippen LogP contribution in [0.2, 0.25) is 0 Å². The molecule has 3 nitrogen and oxygen atoms in total. The maximum absolute atomic E-state index is 5.50. The second kappa shape index (κ2) is 12.1. The predicted octanol–water partition coefficient (Wildman–Crippen LogP) is 10.3. The summed E-state index contributed by atoms with van der Waals surface area (Å²) in [7, 11) is 0. The van der Waals surface area contributed by atoms with E-state index in [4.69, 9.17) is 4.99 Å². The van der Waals surface area contributed by atoms with Gasteiger partial charge in [-0.1, -0.05) is 166 Å². The molecule has 4 heteroatoms. The Balaban J connectivity index is 1.07. The summed E-state index contributed by atoms with van der Waals surface area (Å²) in [6.07, 6.45) is 2.18. The van der Waals surface area contributed by atoms with Gasteiger partial charge in [0.2, 0.25) is 0 Å². The smallest absolute Gasteiger partial charge is 0.133 e. The molecule has 4 unspecified atom stereocenters. The molecule has 7 aromatic carbocycles. The third-order valence-electron chi connectivity index (χ3n) is 12.2. The van der Waals surface area contributed by atoms with Crippen molar-refractivity contribution < 1.29 is 0 Å². The molecule has 2 aliphatic carbocycles. The van der Waals surface area contributed by atoms with Crippen molar-refractivity contribution in [2.45, 2.75) is 43.4 Å². The third kappa shape index (κ3) is 4.87. The average Bonchev–Trinajstić information content (AvgIpc) is 3.72. The van der Waals surface area contributed by atoms with Gasteiger partial charge in [0.15, 0.2) is 0 Å². The highest BCUT2D eigenvalue weighted by atomic mass is 32.1. The molecule has 1 aliphatic heterocycles. The normalized spacial score (nSPS) is 21.2. The molecular formula is C50H39N3S. The van der Waals surface area contributed by atoms with Gasteiger partial charge in [-0.2, -0.15) is 0 Å². The molecule has 2 heterocycles. The summed E-state index contributed by atoms with van der Waals surface area (Å²) in [5, 5.41) is 15.6. The molecule has 0 fully saturated rings. The number of benzene rings is 7. The Kier molecular flexibility index (Phi) is 7.11. The van der Waals surface area contributed by atoms with E-state index in [1.165, 1.54) is 74.8 Å². The minimum Gasteiger partial charge on any atom is -0.350 e. The number of hydrogen-bond donors (Lipinski definition) is 2. The summed E-state index contributed by atoms with van der Waals surface area (Å²) >= 11 is 1.85. The fraction of sp³-hybridized carbons (Fsp3) is 0.140. The number of nitrogens with zero attached hydrogens (tertiary/aromatic N) is 1. The van der Waals surface area contributed by atoms with Gasteiger partial charge in [0.25, 0.3) is 0 Å². The Hall–Kier alpha value is -5.81. The van der Waals surface area contributed by atoms with Crippen LogP contribution in [0.5, 0.6) is 0 Å². The van der Waals surface area contributed by atoms with Crippen LogP contribution in [0.15, 0.2) is 163 Å². The van der Waals surface area contributed by atoms with Crippen LogP contribution in [0.3, 0.4) is 0 Å². The zero-order valence-corrected chi connectivity index (χ0v) is 31.1. The van der Waals surface area contributed by atoms with Crippen molar-refractivity contribution in [3.63, 3.8) is 0 Å². The van der Waals surface area contributed by atoms with E-state index in [2.05, 4.69) is 188 Å². The molecule has 0 radical (unpaired) electrons.